The number of hydrogen-bond donors (Lipinski definition) is 0. The van der Waals surface area contributed by atoms with Crippen molar-refractivity contribution in [2.45, 2.75) is 6.92 Å². The molecule has 1 amide bonds. The number of carbonyl (C=O) groups excluding carboxylic acids is 1. The lowest BCUT2D eigenvalue weighted by atomic mass is 10.1. The smallest absolute Gasteiger partial charge is 0.257 e. The molecule has 0 spiro atoms. The van der Waals surface area contributed by atoms with Gasteiger partial charge in [0.25, 0.3) is 5.91 Å². The molecule has 1 aromatic carbocycles. The van der Waals surface area contributed by atoms with Crippen molar-refractivity contribution in [1.82, 2.24) is 14.9 Å². The predicted molar refractivity (Wildman–Crippen MR) is 104 cm³/mol. The van der Waals surface area contributed by atoms with E-state index in [4.69, 9.17) is 4.74 Å². The molecule has 2 fully saturated rings. The lowest BCUT2D eigenvalue weighted by molar-refractivity contribution is 0.0740. The first-order chi connectivity index (χ1) is 14.4. The van der Waals surface area contributed by atoms with Crippen LogP contribution in [0.2, 0.25) is 0 Å². The number of hydrogen-bond acceptors (Lipinski definition) is 6. The minimum atomic E-state index is -1.63. The molecule has 10 heteroatoms. The minimum absolute atomic E-state index is 0.313. The highest BCUT2D eigenvalue weighted by Crippen LogP contribution is 2.22. The fourth-order valence-electron chi connectivity index (χ4n) is 3.60. The summed E-state index contributed by atoms with van der Waals surface area (Å²) in [6.07, 6.45) is 0. The van der Waals surface area contributed by atoms with Crippen molar-refractivity contribution in [3.8, 4) is 0 Å². The summed E-state index contributed by atoms with van der Waals surface area (Å²) in [5.74, 6) is -3.65. The van der Waals surface area contributed by atoms with Gasteiger partial charge in [-0.3, -0.25) is 4.79 Å². The van der Waals surface area contributed by atoms with E-state index in [9.17, 15) is 18.0 Å². The van der Waals surface area contributed by atoms with Gasteiger partial charge in [0.1, 0.15) is 5.82 Å². The molecule has 0 unspecified atom stereocenters. The van der Waals surface area contributed by atoms with Gasteiger partial charge in [0.15, 0.2) is 17.5 Å². The van der Waals surface area contributed by atoms with Crippen LogP contribution < -0.4 is 9.80 Å². The minimum Gasteiger partial charge on any atom is -0.378 e. The lowest BCUT2D eigenvalue weighted by Gasteiger charge is -2.36. The Kier molecular flexibility index (Phi) is 5.76. The number of anilines is 2. The van der Waals surface area contributed by atoms with Gasteiger partial charge in [-0.2, -0.15) is 4.98 Å². The molecule has 4 rings (SSSR count). The topological polar surface area (TPSA) is 61.8 Å². The summed E-state index contributed by atoms with van der Waals surface area (Å²) in [5.41, 5.74) is 0.374. The maximum Gasteiger partial charge on any atom is 0.257 e. The number of piperazine rings is 1. The largest absolute Gasteiger partial charge is 0.378 e. The Balaban J connectivity index is 1.45. The molecule has 7 nitrogen and oxygen atoms in total. The molecule has 3 heterocycles. The molecule has 1 aromatic heterocycles. The third-order valence-electron chi connectivity index (χ3n) is 5.28. The van der Waals surface area contributed by atoms with Crippen LogP contribution in [0.4, 0.5) is 24.9 Å². The highest BCUT2D eigenvalue weighted by molar-refractivity contribution is 5.94. The van der Waals surface area contributed by atoms with Crippen molar-refractivity contribution in [3.05, 3.63) is 46.9 Å². The highest BCUT2D eigenvalue weighted by Gasteiger charge is 2.27. The molecular weight excluding hydrogens is 399 g/mol. The number of morpholine rings is 1. The summed E-state index contributed by atoms with van der Waals surface area (Å²) in [7, 11) is 0. The first-order valence-corrected chi connectivity index (χ1v) is 9.80. The maximum absolute atomic E-state index is 14.0. The zero-order chi connectivity index (χ0) is 21.3. The molecular formula is C20H22F3N5O2. The van der Waals surface area contributed by atoms with Crippen molar-refractivity contribution in [3.63, 3.8) is 0 Å². The van der Waals surface area contributed by atoms with Crippen LogP contribution >= 0.6 is 0 Å². The molecule has 2 saturated heterocycles. The second-order valence-electron chi connectivity index (χ2n) is 7.27. The van der Waals surface area contributed by atoms with Crippen LogP contribution in [0.25, 0.3) is 0 Å². The number of carbonyl (C=O) groups is 1. The van der Waals surface area contributed by atoms with Gasteiger partial charge in [-0.25, -0.2) is 18.2 Å². The van der Waals surface area contributed by atoms with Gasteiger partial charge in [-0.15, -0.1) is 0 Å². The average Bonchev–Trinajstić information content (AvgIpc) is 2.77. The third kappa shape index (κ3) is 4.04. The molecule has 30 heavy (non-hydrogen) atoms. The van der Waals surface area contributed by atoms with Gasteiger partial charge in [-0.05, 0) is 19.1 Å². The molecule has 0 bridgehead atoms. The number of nitrogens with zero attached hydrogens (tertiary/aromatic N) is 5. The molecule has 0 radical (unpaired) electrons. The fraction of sp³-hybridized carbons (Fsp3) is 0.450. The van der Waals surface area contributed by atoms with Gasteiger partial charge >= 0.3 is 0 Å². The van der Waals surface area contributed by atoms with Crippen molar-refractivity contribution in [2.75, 3.05) is 62.3 Å². The Hall–Kier alpha value is -2.88. The first-order valence-electron chi connectivity index (χ1n) is 9.80. The van der Waals surface area contributed by atoms with Crippen molar-refractivity contribution in [2.24, 2.45) is 0 Å². The molecule has 0 atom stereocenters. The number of amides is 1. The van der Waals surface area contributed by atoms with E-state index in [0.717, 1.165) is 36.7 Å². The Morgan fingerprint density at radius 3 is 2.33 bits per heavy atom. The number of aromatic nitrogens is 2. The SMILES string of the molecule is Cc1cc(N2CCN(C(=O)c3ccc(F)c(F)c3F)CC2)nc(N2CCOCC2)n1. The molecule has 2 aliphatic heterocycles. The van der Waals surface area contributed by atoms with Crippen LogP contribution in [0.5, 0.6) is 0 Å². The molecule has 0 aliphatic carbocycles. The highest BCUT2D eigenvalue weighted by atomic mass is 19.2. The predicted octanol–water partition coefficient (Wildman–Crippen LogP) is 2.00. The molecule has 2 aliphatic rings. The molecule has 160 valence electrons. The second kappa shape index (κ2) is 8.47. The summed E-state index contributed by atoms with van der Waals surface area (Å²) in [6, 6.07) is 3.63. The van der Waals surface area contributed by atoms with Crippen molar-refractivity contribution >= 4 is 17.7 Å². The third-order valence-corrected chi connectivity index (χ3v) is 5.28. The quantitative estimate of drug-likeness (QED) is 0.707. The zero-order valence-electron chi connectivity index (χ0n) is 16.6. The van der Waals surface area contributed by atoms with E-state index >= 15 is 0 Å². The van der Waals surface area contributed by atoms with Crippen LogP contribution in [0, 0.1) is 24.4 Å². The summed E-state index contributed by atoms with van der Waals surface area (Å²) in [5, 5.41) is 0. The standard InChI is InChI=1S/C20H22F3N5O2/c1-13-12-16(25-20(24-13)28-8-10-30-11-9-28)26-4-6-27(7-5-26)19(29)14-2-3-15(21)18(23)17(14)22/h2-3,12H,4-11H2,1H3. The van der Waals surface area contributed by atoms with Crippen LogP contribution in [0.1, 0.15) is 16.1 Å². The fourth-order valence-corrected chi connectivity index (χ4v) is 3.60. The van der Waals surface area contributed by atoms with E-state index in [1.807, 2.05) is 17.9 Å². The summed E-state index contributed by atoms with van der Waals surface area (Å²) in [4.78, 5) is 27.3. The average molecular weight is 421 g/mol. The van der Waals surface area contributed by atoms with E-state index in [1.54, 1.807) is 0 Å². The van der Waals surface area contributed by atoms with E-state index in [1.165, 1.54) is 4.90 Å². The van der Waals surface area contributed by atoms with Crippen LogP contribution in [-0.4, -0.2) is 73.3 Å². The van der Waals surface area contributed by atoms with Crippen LogP contribution in [0.3, 0.4) is 0 Å². The van der Waals surface area contributed by atoms with Gasteiger partial charge in [0, 0.05) is 51.0 Å². The van der Waals surface area contributed by atoms with Crippen LogP contribution in [-0.2, 0) is 4.74 Å². The van der Waals surface area contributed by atoms with Crippen molar-refractivity contribution in [1.29, 1.82) is 0 Å². The van der Waals surface area contributed by atoms with E-state index in [-0.39, 0.29) is 0 Å². The number of benzene rings is 1. The maximum atomic E-state index is 14.0. The van der Waals surface area contributed by atoms with Gasteiger partial charge in [0.05, 0.1) is 18.8 Å². The van der Waals surface area contributed by atoms with Crippen LogP contribution in [0.15, 0.2) is 18.2 Å². The number of rotatable bonds is 3. The molecule has 0 N–H and O–H groups in total. The Morgan fingerprint density at radius 1 is 0.933 bits per heavy atom. The van der Waals surface area contributed by atoms with E-state index in [2.05, 4.69) is 14.9 Å². The Bertz CT molecular complexity index is 944. The van der Waals surface area contributed by atoms with E-state index < -0.39 is 28.9 Å². The Labute approximate surface area is 172 Å². The molecule has 0 saturated carbocycles. The summed E-state index contributed by atoms with van der Waals surface area (Å²) >= 11 is 0. The van der Waals surface area contributed by atoms with Gasteiger partial charge in [0.2, 0.25) is 5.95 Å². The molecule has 2 aromatic rings. The normalized spacial score (nSPS) is 17.4. The number of halogens is 3. The van der Waals surface area contributed by atoms with Crippen molar-refractivity contribution < 1.29 is 22.7 Å². The first kappa shape index (κ1) is 20.4. The lowest BCUT2D eigenvalue weighted by Crippen LogP contribution is -2.49. The summed E-state index contributed by atoms with van der Waals surface area (Å²) in [6.45, 7) is 6.21. The monoisotopic (exact) mass is 421 g/mol. The Morgan fingerprint density at radius 2 is 1.63 bits per heavy atom. The second-order valence-corrected chi connectivity index (χ2v) is 7.27. The van der Waals surface area contributed by atoms with Gasteiger partial charge < -0.3 is 19.4 Å². The number of aryl methyl sites for hydroxylation is 1. The number of ether oxygens (including phenoxy) is 1. The zero-order valence-corrected chi connectivity index (χ0v) is 16.6. The van der Waals surface area contributed by atoms with E-state index in [0.29, 0.717) is 45.3 Å². The van der Waals surface area contributed by atoms with Gasteiger partial charge in [-0.1, -0.05) is 0 Å². The summed E-state index contributed by atoms with van der Waals surface area (Å²) < 4.78 is 46.0.